The van der Waals surface area contributed by atoms with Crippen molar-refractivity contribution in [1.29, 1.82) is 0 Å². The number of aliphatic imine (C=N–C) groups is 1. The van der Waals surface area contributed by atoms with Gasteiger partial charge in [0.1, 0.15) is 6.10 Å². The molecule has 0 fully saturated rings. The number of ether oxygens (including phenoxy) is 1. The minimum Gasteiger partial charge on any atom is -0.481 e. The van der Waals surface area contributed by atoms with E-state index in [9.17, 15) is 18.0 Å². The van der Waals surface area contributed by atoms with Crippen LogP contribution in [0.4, 0.5) is 13.2 Å². The zero-order chi connectivity index (χ0) is 14.8. The van der Waals surface area contributed by atoms with Crippen LogP contribution in [0.1, 0.15) is 17.5 Å². The Morgan fingerprint density at radius 2 is 2.00 bits per heavy atom. The lowest BCUT2D eigenvalue weighted by Gasteiger charge is -2.10. The molecule has 1 aromatic rings. The molecule has 108 valence electrons. The summed E-state index contributed by atoms with van der Waals surface area (Å²) < 4.78 is 42.5. The van der Waals surface area contributed by atoms with Gasteiger partial charge < -0.3 is 9.84 Å². The van der Waals surface area contributed by atoms with Crippen molar-refractivity contribution >= 4 is 11.9 Å². The van der Waals surface area contributed by atoms with E-state index in [4.69, 9.17) is 9.84 Å². The first kappa shape index (κ1) is 14.4. The quantitative estimate of drug-likeness (QED) is 0.925. The third kappa shape index (κ3) is 3.72. The van der Waals surface area contributed by atoms with Gasteiger partial charge in [0.05, 0.1) is 18.5 Å². The molecule has 0 aromatic heterocycles. The van der Waals surface area contributed by atoms with Crippen LogP contribution in [0.25, 0.3) is 0 Å². The Balaban J connectivity index is 1.93. The Morgan fingerprint density at radius 3 is 2.55 bits per heavy atom. The van der Waals surface area contributed by atoms with E-state index in [1.54, 1.807) is 0 Å². The Kier molecular flexibility index (Phi) is 3.96. The zero-order valence-electron chi connectivity index (χ0n) is 10.4. The standard InChI is InChI=1S/C13H12F3NO3/c14-13(15,16)9-3-1-8(2-4-9)5-11-17-7-10(20-11)6-12(18)19/h1-4,10H,5-7H2,(H,18,19). The minimum absolute atomic E-state index is 0.139. The Labute approximate surface area is 112 Å². The van der Waals surface area contributed by atoms with Crippen molar-refractivity contribution in [1.82, 2.24) is 0 Å². The first-order valence-electron chi connectivity index (χ1n) is 5.92. The summed E-state index contributed by atoms with van der Waals surface area (Å²) >= 11 is 0. The highest BCUT2D eigenvalue weighted by Gasteiger charge is 2.30. The second-order valence-corrected chi connectivity index (χ2v) is 4.44. The molecule has 0 saturated heterocycles. The summed E-state index contributed by atoms with van der Waals surface area (Å²) in [4.78, 5) is 14.6. The van der Waals surface area contributed by atoms with Crippen molar-refractivity contribution < 1.29 is 27.8 Å². The van der Waals surface area contributed by atoms with E-state index in [-0.39, 0.29) is 19.4 Å². The summed E-state index contributed by atoms with van der Waals surface area (Å²) in [5.74, 6) is -0.614. The van der Waals surface area contributed by atoms with Gasteiger partial charge in [0.2, 0.25) is 0 Å². The molecule has 1 unspecified atom stereocenters. The molecule has 1 aliphatic heterocycles. The minimum atomic E-state index is -4.35. The lowest BCUT2D eigenvalue weighted by atomic mass is 10.1. The normalized spacial score (nSPS) is 18.6. The van der Waals surface area contributed by atoms with Gasteiger partial charge in [-0.2, -0.15) is 13.2 Å². The van der Waals surface area contributed by atoms with Gasteiger partial charge in [-0.05, 0) is 17.7 Å². The third-order valence-corrected chi connectivity index (χ3v) is 2.81. The zero-order valence-corrected chi connectivity index (χ0v) is 10.4. The average molecular weight is 287 g/mol. The number of alkyl halides is 3. The average Bonchev–Trinajstić information content (AvgIpc) is 2.75. The van der Waals surface area contributed by atoms with Gasteiger partial charge in [0.25, 0.3) is 0 Å². The van der Waals surface area contributed by atoms with Crippen molar-refractivity contribution in [3.05, 3.63) is 35.4 Å². The van der Waals surface area contributed by atoms with Crippen molar-refractivity contribution in [3.8, 4) is 0 Å². The fourth-order valence-electron chi connectivity index (χ4n) is 1.86. The molecule has 0 radical (unpaired) electrons. The molecule has 2 rings (SSSR count). The number of carboxylic acid groups (broad SMARTS) is 1. The lowest BCUT2D eigenvalue weighted by molar-refractivity contribution is -0.139. The molecule has 1 heterocycles. The number of carboxylic acids is 1. The second kappa shape index (κ2) is 5.52. The van der Waals surface area contributed by atoms with Crippen LogP contribution < -0.4 is 0 Å². The van der Waals surface area contributed by atoms with Gasteiger partial charge >= 0.3 is 12.1 Å². The number of benzene rings is 1. The van der Waals surface area contributed by atoms with E-state index in [2.05, 4.69) is 4.99 Å². The third-order valence-electron chi connectivity index (χ3n) is 2.81. The molecule has 1 N–H and O–H groups in total. The van der Waals surface area contributed by atoms with Crippen LogP contribution in [0.15, 0.2) is 29.3 Å². The molecule has 1 aromatic carbocycles. The smallest absolute Gasteiger partial charge is 0.416 e. The maximum absolute atomic E-state index is 12.4. The molecule has 0 bridgehead atoms. The van der Waals surface area contributed by atoms with Crippen LogP contribution in [0.2, 0.25) is 0 Å². The summed E-state index contributed by atoms with van der Waals surface area (Å²) in [5, 5.41) is 8.62. The fraction of sp³-hybridized carbons (Fsp3) is 0.385. The van der Waals surface area contributed by atoms with Crippen molar-refractivity contribution in [2.45, 2.75) is 25.1 Å². The number of hydrogen-bond acceptors (Lipinski definition) is 3. The summed E-state index contributed by atoms with van der Waals surface area (Å²) in [7, 11) is 0. The Hall–Kier alpha value is -2.05. The maximum atomic E-state index is 12.4. The highest BCUT2D eigenvalue weighted by atomic mass is 19.4. The van der Waals surface area contributed by atoms with Gasteiger partial charge in [-0.25, -0.2) is 0 Å². The molecule has 1 atom stereocenters. The summed E-state index contributed by atoms with van der Waals surface area (Å²) in [6.45, 7) is 0.266. The summed E-state index contributed by atoms with van der Waals surface area (Å²) in [5.41, 5.74) is -0.0768. The van der Waals surface area contributed by atoms with Crippen molar-refractivity contribution in [3.63, 3.8) is 0 Å². The maximum Gasteiger partial charge on any atom is 0.416 e. The molecule has 0 spiro atoms. The van der Waals surface area contributed by atoms with E-state index >= 15 is 0 Å². The van der Waals surface area contributed by atoms with Crippen molar-refractivity contribution in [2.24, 2.45) is 4.99 Å². The Bertz CT molecular complexity index is 523. The first-order chi connectivity index (χ1) is 9.34. The number of halogens is 3. The van der Waals surface area contributed by atoms with Gasteiger partial charge in [-0.1, -0.05) is 12.1 Å². The molecule has 0 amide bonds. The number of nitrogens with zero attached hydrogens (tertiary/aromatic N) is 1. The fourth-order valence-corrected chi connectivity index (χ4v) is 1.86. The van der Waals surface area contributed by atoms with Gasteiger partial charge in [0, 0.05) is 6.42 Å². The predicted octanol–water partition coefficient (Wildman–Crippen LogP) is 2.52. The van der Waals surface area contributed by atoms with Crippen LogP contribution in [-0.4, -0.2) is 29.6 Å². The van der Waals surface area contributed by atoms with E-state index in [1.807, 2.05) is 0 Å². The molecule has 20 heavy (non-hydrogen) atoms. The Morgan fingerprint density at radius 1 is 1.35 bits per heavy atom. The largest absolute Gasteiger partial charge is 0.481 e. The first-order valence-corrected chi connectivity index (χ1v) is 5.92. The number of rotatable bonds is 4. The van der Waals surface area contributed by atoms with Gasteiger partial charge in [-0.3, -0.25) is 9.79 Å². The van der Waals surface area contributed by atoms with E-state index < -0.39 is 23.8 Å². The van der Waals surface area contributed by atoms with Gasteiger partial charge in [0.15, 0.2) is 5.90 Å². The van der Waals surface area contributed by atoms with Crippen molar-refractivity contribution in [2.75, 3.05) is 6.54 Å². The SMILES string of the molecule is O=C(O)CC1CN=C(Cc2ccc(C(F)(F)F)cc2)O1. The summed E-state index contributed by atoms with van der Waals surface area (Å²) in [6, 6.07) is 4.72. The second-order valence-electron chi connectivity index (χ2n) is 4.44. The number of hydrogen-bond donors (Lipinski definition) is 1. The lowest BCUT2D eigenvalue weighted by Crippen LogP contribution is -2.18. The molecular weight excluding hydrogens is 275 g/mol. The number of aliphatic carboxylic acids is 1. The molecule has 1 aliphatic rings. The van der Waals surface area contributed by atoms with E-state index in [0.29, 0.717) is 11.5 Å². The topological polar surface area (TPSA) is 58.9 Å². The predicted molar refractivity (Wildman–Crippen MR) is 64.6 cm³/mol. The van der Waals surface area contributed by atoms with Crippen LogP contribution >= 0.6 is 0 Å². The van der Waals surface area contributed by atoms with Crippen LogP contribution in [0, 0.1) is 0 Å². The monoisotopic (exact) mass is 287 g/mol. The summed E-state index contributed by atoms with van der Waals surface area (Å²) in [6.07, 6.45) is -4.72. The van der Waals surface area contributed by atoms with E-state index in [0.717, 1.165) is 12.1 Å². The molecule has 4 nitrogen and oxygen atoms in total. The van der Waals surface area contributed by atoms with Crippen LogP contribution in [-0.2, 0) is 22.1 Å². The molecule has 0 saturated carbocycles. The molecule has 7 heteroatoms. The van der Waals surface area contributed by atoms with E-state index in [1.165, 1.54) is 12.1 Å². The highest BCUT2D eigenvalue weighted by Crippen LogP contribution is 2.29. The number of carbonyl (C=O) groups is 1. The van der Waals surface area contributed by atoms with Gasteiger partial charge in [-0.15, -0.1) is 0 Å². The molecule has 0 aliphatic carbocycles. The van der Waals surface area contributed by atoms with Crippen LogP contribution in [0.5, 0.6) is 0 Å². The molecular formula is C13H12F3NO3. The van der Waals surface area contributed by atoms with Crippen LogP contribution in [0.3, 0.4) is 0 Å². The highest BCUT2D eigenvalue weighted by molar-refractivity contribution is 5.81.